The largest absolute Gasteiger partial charge is 0.452 e. The number of amides is 2. The standard InChI is InChI=1S/C18H18ClN3O4/c1-11-4-3-5-12(2)17(11)22-15(23)9-21-16(24)10-26-18(25)13-6-7-14(19)20-8-13/h3-8H,9-10H2,1-2H3,(H,21,24)(H,22,23). The van der Waals surface area contributed by atoms with Gasteiger partial charge in [0.05, 0.1) is 12.1 Å². The van der Waals surface area contributed by atoms with Gasteiger partial charge < -0.3 is 15.4 Å². The van der Waals surface area contributed by atoms with E-state index in [1.807, 2.05) is 32.0 Å². The van der Waals surface area contributed by atoms with Gasteiger partial charge >= 0.3 is 5.97 Å². The maximum absolute atomic E-state index is 12.0. The van der Waals surface area contributed by atoms with Crippen LogP contribution in [-0.4, -0.2) is 35.9 Å². The van der Waals surface area contributed by atoms with Gasteiger partial charge in [-0.2, -0.15) is 0 Å². The number of benzene rings is 1. The predicted octanol–water partition coefficient (Wildman–Crippen LogP) is 2.26. The molecule has 0 fully saturated rings. The van der Waals surface area contributed by atoms with E-state index in [9.17, 15) is 14.4 Å². The average Bonchev–Trinajstić information content (AvgIpc) is 2.61. The first-order valence-electron chi connectivity index (χ1n) is 7.78. The summed E-state index contributed by atoms with van der Waals surface area (Å²) in [6.45, 7) is 3.03. The fraction of sp³-hybridized carbons (Fsp3) is 0.222. The van der Waals surface area contributed by atoms with Crippen LogP contribution in [0.25, 0.3) is 0 Å². The third kappa shape index (κ3) is 5.56. The Hall–Kier alpha value is -2.93. The first-order chi connectivity index (χ1) is 12.4. The number of esters is 1. The van der Waals surface area contributed by atoms with Crippen LogP contribution in [0.1, 0.15) is 21.5 Å². The van der Waals surface area contributed by atoms with Crippen molar-refractivity contribution < 1.29 is 19.1 Å². The lowest BCUT2D eigenvalue weighted by Gasteiger charge is -2.12. The number of anilines is 1. The molecule has 2 rings (SSSR count). The lowest BCUT2D eigenvalue weighted by molar-refractivity contribution is -0.126. The molecule has 1 aromatic carbocycles. The highest BCUT2D eigenvalue weighted by molar-refractivity contribution is 6.29. The number of carbonyl (C=O) groups excluding carboxylic acids is 3. The molecule has 1 heterocycles. The van der Waals surface area contributed by atoms with Crippen LogP contribution < -0.4 is 10.6 Å². The van der Waals surface area contributed by atoms with Gasteiger partial charge in [-0.05, 0) is 37.1 Å². The number of hydrogen-bond acceptors (Lipinski definition) is 5. The molecule has 0 spiro atoms. The average molecular weight is 376 g/mol. The van der Waals surface area contributed by atoms with Crippen LogP contribution in [-0.2, 0) is 14.3 Å². The van der Waals surface area contributed by atoms with Gasteiger partial charge in [0, 0.05) is 11.9 Å². The fourth-order valence-electron chi connectivity index (χ4n) is 2.14. The highest BCUT2D eigenvalue weighted by atomic mass is 35.5. The van der Waals surface area contributed by atoms with E-state index in [-0.39, 0.29) is 23.2 Å². The minimum absolute atomic E-state index is 0.176. The van der Waals surface area contributed by atoms with Crippen molar-refractivity contribution >= 4 is 35.1 Å². The minimum atomic E-state index is -0.704. The molecule has 0 saturated carbocycles. The molecule has 136 valence electrons. The highest BCUT2D eigenvalue weighted by Crippen LogP contribution is 2.18. The zero-order chi connectivity index (χ0) is 19.1. The number of para-hydroxylation sites is 1. The van der Waals surface area contributed by atoms with Crippen molar-refractivity contribution in [3.8, 4) is 0 Å². The normalized spacial score (nSPS) is 10.1. The Balaban J connectivity index is 1.77. The quantitative estimate of drug-likeness (QED) is 0.596. The Labute approximate surface area is 155 Å². The zero-order valence-corrected chi connectivity index (χ0v) is 15.1. The Morgan fingerprint density at radius 1 is 1.08 bits per heavy atom. The van der Waals surface area contributed by atoms with Crippen molar-refractivity contribution in [1.29, 1.82) is 0 Å². The number of rotatable bonds is 6. The fourth-order valence-corrected chi connectivity index (χ4v) is 2.25. The van der Waals surface area contributed by atoms with Crippen molar-refractivity contribution in [2.45, 2.75) is 13.8 Å². The summed E-state index contributed by atoms with van der Waals surface area (Å²) < 4.78 is 4.85. The molecule has 2 N–H and O–H groups in total. The van der Waals surface area contributed by atoms with Crippen LogP contribution in [0.15, 0.2) is 36.5 Å². The van der Waals surface area contributed by atoms with E-state index in [1.54, 1.807) is 0 Å². The second-order valence-electron chi connectivity index (χ2n) is 5.54. The van der Waals surface area contributed by atoms with Gasteiger partial charge in [0.2, 0.25) is 5.91 Å². The summed E-state index contributed by atoms with van der Waals surface area (Å²) in [5, 5.41) is 5.38. The Morgan fingerprint density at radius 2 is 1.77 bits per heavy atom. The Bertz CT molecular complexity index is 801. The van der Waals surface area contributed by atoms with E-state index in [2.05, 4.69) is 15.6 Å². The zero-order valence-electron chi connectivity index (χ0n) is 14.3. The van der Waals surface area contributed by atoms with Crippen LogP contribution in [0.3, 0.4) is 0 Å². The van der Waals surface area contributed by atoms with E-state index in [4.69, 9.17) is 16.3 Å². The maximum atomic E-state index is 12.0. The molecule has 0 unspecified atom stereocenters. The third-order valence-corrected chi connectivity index (χ3v) is 3.71. The van der Waals surface area contributed by atoms with Gasteiger partial charge in [-0.3, -0.25) is 9.59 Å². The molecule has 0 aliphatic rings. The molecular weight excluding hydrogens is 358 g/mol. The number of pyridine rings is 1. The van der Waals surface area contributed by atoms with E-state index in [0.717, 1.165) is 11.1 Å². The lowest BCUT2D eigenvalue weighted by Crippen LogP contribution is -2.35. The topological polar surface area (TPSA) is 97.4 Å². The minimum Gasteiger partial charge on any atom is -0.452 e. The number of aryl methyl sites for hydroxylation is 2. The SMILES string of the molecule is Cc1cccc(C)c1NC(=O)CNC(=O)COC(=O)c1ccc(Cl)nc1. The third-order valence-electron chi connectivity index (χ3n) is 3.49. The van der Waals surface area contributed by atoms with Crippen molar-refractivity contribution in [1.82, 2.24) is 10.3 Å². The van der Waals surface area contributed by atoms with E-state index >= 15 is 0 Å². The summed E-state index contributed by atoms with van der Waals surface area (Å²) in [5.74, 6) is -1.66. The number of aromatic nitrogens is 1. The molecule has 0 bridgehead atoms. The van der Waals surface area contributed by atoms with E-state index in [1.165, 1.54) is 18.3 Å². The monoisotopic (exact) mass is 375 g/mol. The molecule has 2 aromatic rings. The molecule has 26 heavy (non-hydrogen) atoms. The van der Waals surface area contributed by atoms with Crippen molar-refractivity contribution in [3.63, 3.8) is 0 Å². The summed E-state index contributed by atoms with van der Waals surface area (Å²) >= 11 is 5.63. The first-order valence-corrected chi connectivity index (χ1v) is 8.16. The molecule has 0 atom stereocenters. The van der Waals surface area contributed by atoms with Gasteiger partial charge in [-0.1, -0.05) is 29.8 Å². The smallest absolute Gasteiger partial charge is 0.340 e. The number of nitrogens with one attached hydrogen (secondary N) is 2. The van der Waals surface area contributed by atoms with Crippen molar-refractivity contribution in [2.24, 2.45) is 0 Å². The van der Waals surface area contributed by atoms with Gasteiger partial charge in [0.15, 0.2) is 6.61 Å². The summed E-state index contributed by atoms with van der Waals surface area (Å²) in [4.78, 5) is 39.2. The second kappa shape index (κ2) is 8.96. The predicted molar refractivity (Wildman–Crippen MR) is 97.1 cm³/mol. The molecular formula is C18H18ClN3O4. The van der Waals surface area contributed by atoms with Crippen molar-refractivity contribution in [2.75, 3.05) is 18.5 Å². The second-order valence-corrected chi connectivity index (χ2v) is 5.92. The number of carbonyl (C=O) groups is 3. The molecule has 0 aliphatic heterocycles. The summed E-state index contributed by atoms with van der Waals surface area (Å²) in [5.41, 5.74) is 2.74. The summed E-state index contributed by atoms with van der Waals surface area (Å²) in [6.07, 6.45) is 1.25. The van der Waals surface area contributed by atoms with Gasteiger partial charge in [-0.15, -0.1) is 0 Å². The van der Waals surface area contributed by atoms with Crippen LogP contribution >= 0.6 is 11.6 Å². The Kier molecular flexibility index (Phi) is 6.68. The summed E-state index contributed by atoms with van der Waals surface area (Å²) in [6, 6.07) is 8.54. The number of nitrogens with zero attached hydrogens (tertiary/aromatic N) is 1. The number of halogens is 1. The number of ether oxygens (including phenoxy) is 1. The van der Waals surface area contributed by atoms with Gasteiger partial charge in [0.1, 0.15) is 5.15 Å². The van der Waals surface area contributed by atoms with E-state index in [0.29, 0.717) is 5.69 Å². The van der Waals surface area contributed by atoms with Crippen LogP contribution in [0.2, 0.25) is 5.15 Å². The van der Waals surface area contributed by atoms with Crippen LogP contribution in [0, 0.1) is 13.8 Å². The van der Waals surface area contributed by atoms with Crippen LogP contribution in [0.4, 0.5) is 5.69 Å². The molecule has 0 radical (unpaired) electrons. The summed E-state index contributed by atoms with van der Waals surface area (Å²) in [7, 11) is 0. The van der Waals surface area contributed by atoms with E-state index < -0.39 is 18.5 Å². The molecule has 0 saturated heterocycles. The van der Waals surface area contributed by atoms with Gasteiger partial charge in [0.25, 0.3) is 5.91 Å². The van der Waals surface area contributed by atoms with Crippen LogP contribution in [0.5, 0.6) is 0 Å². The molecule has 2 amide bonds. The molecule has 0 aliphatic carbocycles. The van der Waals surface area contributed by atoms with Gasteiger partial charge in [-0.25, -0.2) is 9.78 Å². The maximum Gasteiger partial charge on any atom is 0.340 e. The lowest BCUT2D eigenvalue weighted by atomic mass is 10.1. The number of hydrogen-bond donors (Lipinski definition) is 2. The highest BCUT2D eigenvalue weighted by Gasteiger charge is 2.12. The molecule has 1 aromatic heterocycles. The first kappa shape index (κ1) is 19.4. The molecule has 7 nitrogen and oxygen atoms in total. The molecule has 8 heteroatoms. The Morgan fingerprint density at radius 3 is 2.38 bits per heavy atom. The van der Waals surface area contributed by atoms with Crippen molar-refractivity contribution in [3.05, 3.63) is 58.4 Å².